The Morgan fingerprint density at radius 3 is 2.50 bits per heavy atom. The summed E-state index contributed by atoms with van der Waals surface area (Å²) >= 11 is 0. The third-order valence-electron chi connectivity index (χ3n) is 3.23. The first-order valence-corrected chi connectivity index (χ1v) is 6.75. The minimum Gasteiger partial charge on any atom is -0.457 e. The van der Waals surface area contributed by atoms with E-state index in [4.69, 9.17) is 20.9 Å². The van der Waals surface area contributed by atoms with Crippen LogP contribution < -0.4 is 16.2 Å². The molecule has 0 spiro atoms. The fourth-order valence-electron chi connectivity index (χ4n) is 2.16. The summed E-state index contributed by atoms with van der Waals surface area (Å²) in [6.07, 6.45) is 0. The number of cyclic esters (lactones) is 1. The van der Waals surface area contributed by atoms with Gasteiger partial charge in [0, 0.05) is 5.56 Å². The molecule has 0 amide bonds. The van der Waals surface area contributed by atoms with Gasteiger partial charge in [0.05, 0.1) is 16.8 Å². The zero-order chi connectivity index (χ0) is 16.4. The average molecular weight is 348 g/mol. The third-order valence-corrected chi connectivity index (χ3v) is 3.23. The van der Waals surface area contributed by atoms with Crippen LogP contribution >= 0.6 is 12.4 Å². The van der Waals surface area contributed by atoms with E-state index in [2.05, 4.69) is 4.99 Å². The van der Waals surface area contributed by atoms with Gasteiger partial charge in [-0.1, -0.05) is 0 Å². The number of esters is 2. The number of carbonyl (C=O) groups excluding carboxylic acids is 2. The van der Waals surface area contributed by atoms with Crippen LogP contribution in [0.15, 0.2) is 47.5 Å². The van der Waals surface area contributed by atoms with Gasteiger partial charge in [-0.15, -0.1) is 12.4 Å². The van der Waals surface area contributed by atoms with Crippen molar-refractivity contribution >= 4 is 36.0 Å². The number of nitrogens with zero attached hydrogens (tertiary/aromatic N) is 1. The standard InChI is InChI=1S/C16H13N3O4.ClH/c17-16(18)19-11-3-1-9(2-4-11)14(20)23-12-5-6-13-10(7-12)8-22-15(13)21;/h1-7H,8H2,(H4,17,18,19);1H. The predicted molar refractivity (Wildman–Crippen MR) is 89.7 cm³/mol. The Hall–Kier alpha value is -3.06. The Kier molecular flexibility index (Phi) is 5.05. The number of carbonyl (C=O) groups is 2. The second kappa shape index (κ2) is 7.01. The highest BCUT2D eigenvalue weighted by Crippen LogP contribution is 2.25. The molecule has 1 aliphatic heterocycles. The Labute approximate surface area is 143 Å². The van der Waals surface area contributed by atoms with Gasteiger partial charge in [-0.3, -0.25) is 0 Å². The van der Waals surface area contributed by atoms with Crippen LogP contribution in [0.1, 0.15) is 26.3 Å². The van der Waals surface area contributed by atoms with E-state index in [1.807, 2.05) is 0 Å². The van der Waals surface area contributed by atoms with E-state index >= 15 is 0 Å². The van der Waals surface area contributed by atoms with Crippen molar-refractivity contribution in [1.29, 1.82) is 0 Å². The Bertz CT molecular complexity index is 815. The maximum absolute atomic E-state index is 12.1. The first kappa shape index (κ1) is 17.3. The van der Waals surface area contributed by atoms with Crippen molar-refractivity contribution in [2.24, 2.45) is 16.5 Å². The summed E-state index contributed by atoms with van der Waals surface area (Å²) in [5, 5.41) is 0. The monoisotopic (exact) mass is 347 g/mol. The van der Waals surface area contributed by atoms with Crippen LogP contribution in [0.2, 0.25) is 0 Å². The highest BCUT2D eigenvalue weighted by molar-refractivity contribution is 5.94. The number of nitrogens with two attached hydrogens (primary N) is 2. The van der Waals surface area contributed by atoms with E-state index in [0.29, 0.717) is 28.1 Å². The SMILES string of the molecule is Cl.NC(N)=Nc1ccc(C(=O)Oc2ccc3c(c2)COC3=O)cc1. The summed E-state index contributed by atoms with van der Waals surface area (Å²) in [6, 6.07) is 11.1. The van der Waals surface area contributed by atoms with Crippen molar-refractivity contribution in [1.82, 2.24) is 0 Å². The lowest BCUT2D eigenvalue weighted by atomic mass is 10.1. The summed E-state index contributed by atoms with van der Waals surface area (Å²) in [6.45, 7) is 0.187. The molecule has 0 atom stereocenters. The van der Waals surface area contributed by atoms with Gasteiger partial charge in [-0.25, -0.2) is 14.6 Å². The molecular weight excluding hydrogens is 334 g/mol. The zero-order valence-corrected chi connectivity index (χ0v) is 13.2. The number of benzene rings is 2. The van der Waals surface area contributed by atoms with Crippen molar-refractivity contribution < 1.29 is 19.1 Å². The second-order valence-electron chi connectivity index (χ2n) is 4.87. The van der Waals surface area contributed by atoms with Crippen LogP contribution in [0, 0.1) is 0 Å². The molecule has 0 saturated heterocycles. The Morgan fingerprint density at radius 2 is 1.83 bits per heavy atom. The van der Waals surface area contributed by atoms with Gasteiger partial charge in [0.15, 0.2) is 5.96 Å². The normalized spacial score (nSPS) is 11.8. The maximum Gasteiger partial charge on any atom is 0.343 e. The van der Waals surface area contributed by atoms with Crippen molar-refractivity contribution in [3.8, 4) is 5.75 Å². The molecular formula is C16H14ClN3O4. The number of aliphatic imine (C=N–C) groups is 1. The van der Waals surface area contributed by atoms with E-state index in [9.17, 15) is 9.59 Å². The molecule has 0 fully saturated rings. The van der Waals surface area contributed by atoms with Crippen LogP contribution in [0.25, 0.3) is 0 Å². The second-order valence-corrected chi connectivity index (χ2v) is 4.87. The van der Waals surface area contributed by atoms with Crippen molar-refractivity contribution in [2.75, 3.05) is 0 Å². The van der Waals surface area contributed by atoms with Gasteiger partial charge in [0.2, 0.25) is 0 Å². The summed E-state index contributed by atoms with van der Waals surface area (Å²) < 4.78 is 10.2. The fraction of sp³-hybridized carbons (Fsp3) is 0.0625. The van der Waals surface area contributed by atoms with Crippen molar-refractivity contribution in [2.45, 2.75) is 6.61 Å². The van der Waals surface area contributed by atoms with E-state index in [-0.39, 0.29) is 30.9 Å². The molecule has 7 nitrogen and oxygen atoms in total. The van der Waals surface area contributed by atoms with Gasteiger partial charge < -0.3 is 20.9 Å². The smallest absolute Gasteiger partial charge is 0.343 e. The van der Waals surface area contributed by atoms with Gasteiger partial charge in [0.25, 0.3) is 0 Å². The third kappa shape index (κ3) is 3.64. The predicted octanol–water partition coefficient (Wildman–Crippen LogP) is 1.90. The molecule has 1 heterocycles. The summed E-state index contributed by atoms with van der Waals surface area (Å²) in [5.41, 5.74) is 12.6. The maximum atomic E-state index is 12.1. The first-order chi connectivity index (χ1) is 11.0. The van der Waals surface area contributed by atoms with Gasteiger partial charge in [-0.2, -0.15) is 0 Å². The fourth-order valence-corrected chi connectivity index (χ4v) is 2.16. The van der Waals surface area contributed by atoms with Crippen LogP contribution in [-0.4, -0.2) is 17.9 Å². The topological polar surface area (TPSA) is 117 Å². The van der Waals surface area contributed by atoms with Crippen LogP contribution in [0.4, 0.5) is 5.69 Å². The van der Waals surface area contributed by atoms with Crippen molar-refractivity contribution in [3.63, 3.8) is 0 Å². The molecule has 0 unspecified atom stereocenters. The minimum absolute atomic E-state index is 0. The molecule has 1 aliphatic rings. The highest BCUT2D eigenvalue weighted by atomic mass is 35.5. The zero-order valence-electron chi connectivity index (χ0n) is 12.4. The average Bonchev–Trinajstić information content (AvgIpc) is 2.88. The number of guanidine groups is 1. The lowest BCUT2D eigenvalue weighted by molar-refractivity contribution is 0.0534. The number of rotatable bonds is 3. The van der Waals surface area contributed by atoms with Gasteiger partial charge >= 0.3 is 11.9 Å². The molecule has 2 aromatic rings. The summed E-state index contributed by atoms with van der Waals surface area (Å²) in [4.78, 5) is 27.3. The van der Waals surface area contributed by atoms with Crippen molar-refractivity contribution in [3.05, 3.63) is 59.2 Å². The molecule has 124 valence electrons. The lowest BCUT2D eigenvalue weighted by Crippen LogP contribution is -2.21. The molecule has 0 aliphatic carbocycles. The summed E-state index contributed by atoms with van der Waals surface area (Å²) in [7, 11) is 0. The molecule has 0 aromatic heterocycles. The number of hydrogen-bond acceptors (Lipinski definition) is 5. The molecule has 24 heavy (non-hydrogen) atoms. The number of fused-ring (bicyclic) bond motifs is 1. The first-order valence-electron chi connectivity index (χ1n) is 6.75. The molecule has 0 radical (unpaired) electrons. The molecule has 0 bridgehead atoms. The van der Waals surface area contributed by atoms with Crippen LogP contribution in [-0.2, 0) is 11.3 Å². The van der Waals surface area contributed by atoms with E-state index in [1.165, 1.54) is 0 Å². The lowest BCUT2D eigenvalue weighted by Gasteiger charge is -2.05. The Balaban J connectivity index is 0.00000208. The van der Waals surface area contributed by atoms with Gasteiger partial charge in [-0.05, 0) is 42.5 Å². The van der Waals surface area contributed by atoms with E-state index in [1.54, 1.807) is 42.5 Å². The van der Waals surface area contributed by atoms with E-state index < -0.39 is 5.97 Å². The number of halogens is 1. The Morgan fingerprint density at radius 1 is 1.12 bits per heavy atom. The molecule has 3 rings (SSSR count). The number of hydrogen-bond donors (Lipinski definition) is 2. The molecule has 8 heteroatoms. The highest BCUT2D eigenvalue weighted by Gasteiger charge is 2.21. The van der Waals surface area contributed by atoms with Gasteiger partial charge in [0.1, 0.15) is 12.4 Å². The quantitative estimate of drug-likeness (QED) is 0.379. The minimum atomic E-state index is -0.522. The summed E-state index contributed by atoms with van der Waals surface area (Å²) in [5.74, 6) is -0.602. The molecule has 2 aromatic carbocycles. The van der Waals surface area contributed by atoms with Crippen LogP contribution in [0.5, 0.6) is 5.75 Å². The van der Waals surface area contributed by atoms with Crippen LogP contribution in [0.3, 0.4) is 0 Å². The molecule has 0 saturated carbocycles. The number of ether oxygens (including phenoxy) is 2. The largest absolute Gasteiger partial charge is 0.457 e. The van der Waals surface area contributed by atoms with E-state index in [0.717, 1.165) is 0 Å². The molecule has 4 N–H and O–H groups in total.